The minimum Gasteiger partial charge on any atom is -0.443 e. The number of urea groups is 1. The van der Waals surface area contributed by atoms with Crippen molar-refractivity contribution in [2.45, 2.75) is 18.4 Å². The first kappa shape index (κ1) is 23.8. The number of carbonyl (C=O) groups is 3. The molecule has 1 spiro atoms. The summed E-state index contributed by atoms with van der Waals surface area (Å²) in [7, 11) is 0. The first-order valence-electron chi connectivity index (χ1n) is 12.0. The van der Waals surface area contributed by atoms with Crippen LogP contribution in [0, 0.1) is 11.3 Å². The number of hydrogen-bond donors (Lipinski definition) is 2. The van der Waals surface area contributed by atoms with Crippen LogP contribution < -0.4 is 20.3 Å². The van der Waals surface area contributed by atoms with Gasteiger partial charge in [0.1, 0.15) is 29.5 Å². The molecule has 2 fully saturated rings. The van der Waals surface area contributed by atoms with E-state index < -0.39 is 23.4 Å². The van der Waals surface area contributed by atoms with Crippen molar-refractivity contribution in [1.29, 1.82) is 5.26 Å². The molecule has 6 rings (SSSR count). The first-order valence-corrected chi connectivity index (χ1v) is 12.0. The molecular formula is C27H19N7O5. The van der Waals surface area contributed by atoms with Gasteiger partial charge < -0.3 is 14.1 Å². The van der Waals surface area contributed by atoms with Gasteiger partial charge in [0, 0.05) is 24.4 Å². The van der Waals surface area contributed by atoms with Crippen LogP contribution in [0.15, 0.2) is 71.6 Å². The van der Waals surface area contributed by atoms with Gasteiger partial charge in [0.25, 0.3) is 11.8 Å². The van der Waals surface area contributed by atoms with Crippen molar-refractivity contribution >= 4 is 23.5 Å². The Hall–Kier alpha value is -5.57. The van der Waals surface area contributed by atoms with Gasteiger partial charge in [-0.1, -0.05) is 0 Å². The molecule has 0 atom stereocenters. The Labute approximate surface area is 221 Å². The summed E-state index contributed by atoms with van der Waals surface area (Å²) >= 11 is 0. The Morgan fingerprint density at radius 3 is 2.41 bits per heavy atom. The lowest BCUT2D eigenvalue weighted by Crippen LogP contribution is -2.71. The van der Waals surface area contributed by atoms with Crippen LogP contribution in [-0.2, 0) is 9.59 Å². The minimum absolute atomic E-state index is 0.291. The number of barbiturate groups is 1. The number of oxazole rings is 1. The van der Waals surface area contributed by atoms with Gasteiger partial charge in [-0.2, -0.15) is 5.26 Å². The fourth-order valence-corrected chi connectivity index (χ4v) is 4.71. The molecule has 192 valence electrons. The summed E-state index contributed by atoms with van der Waals surface area (Å²) in [5, 5.41) is 13.3. The number of aromatic nitrogens is 3. The molecule has 12 nitrogen and oxygen atoms in total. The number of ether oxygens (including phenoxy) is 1. The van der Waals surface area contributed by atoms with Crippen LogP contribution in [0.25, 0.3) is 22.8 Å². The van der Waals surface area contributed by atoms with Crippen molar-refractivity contribution in [3.63, 3.8) is 0 Å². The SMILES string of the molecule is N#Cc1ccc(-c2nc(-c3ccc(Oc4ccc(N5CCCC56C(=O)NC(=O)NC6=O)cn4)cc3)co2)nc1. The van der Waals surface area contributed by atoms with E-state index in [9.17, 15) is 14.4 Å². The molecule has 2 aliphatic heterocycles. The highest BCUT2D eigenvalue weighted by molar-refractivity contribution is 6.24. The summed E-state index contributed by atoms with van der Waals surface area (Å²) in [6, 6.07) is 15.1. The summed E-state index contributed by atoms with van der Waals surface area (Å²) in [5.41, 5.74) is 1.47. The Morgan fingerprint density at radius 1 is 0.949 bits per heavy atom. The fourth-order valence-electron chi connectivity index (χ4n) is 4.71. The number of pyridine rings is 2. The summed E-state index contributed by atoms with van der Waals surface area (Å²) < 4.78 is 11.4. The molecule has 2 aliphatic rings. The average molecular weight is 521 g/mol. The monoisotopic (exact) mass is 521 g/mol. The van der Waals surface area contributed by atoms with Gasteiger partial charge in [-0.05, 0) is 55.3 Å². The number of carbonyl (C=O) groups excluding carboxylic acids is 3. The molecule has 4 aromatic rings. The van der Waals surface area contributed by atoms with Gasteiger partial charge in [0.2, 0.25) is 11.8 Å². The minimum atomic E-state index is -1.48. The second-order valence-corrected chi connectivity index (χ2v) is 8.92. The third-order valence-electron chi connectivity index (χ3n) is 6.61. The van der Waals surface area contributed by atoms with Crippen LogP contribution in [0.1, 0.15) is 18.4 Å². The van der Waals surface area contributed by atoms with E-state index in [0.717, 1.165) is 5.56 Å². The molecule has 5 heterocycles. The molecule has 0 bridgehead atoms. The zero-order valence-electron chi connectivity index (χ0n) is 20.2. The third kappa shape index (κ3) is 4.21. The third-order valence-corrected chi connectivity index (χ3v) is 6.61. The van der Waals surface area contributed by atoms with E-state index in [1.165, 1.54) is 18.7 Å². The lowest BCUT2D eigenvalue weighted by atomic mass is 9.92. The summed E-state index contributed by atoms with van der Waals surface area (Å²) in [6.45, 7) is 0.462. The largest absolute Gasteiger partial charge is 0.443 e. The van der Waals surface area contributed by atoms with Crippen LogP contribution >= 0.6 is 0 Å². The Morgan fingerprint density at radius 2 is 1.74 bits per heavy atom. The molecule has 0 saturated carbocycles. The summed E-state index contributed by atoms with van der Waals surface area (Å²) in [6.07, 6.45) is 5.41. The van der Waals surface area contributed by atoms with Crippen molar-refractivity contribution in [1.82, 2.24) is 25.6 Å². The molecular weight excluding hydrogens is 502 g/mol. The van der Waals surface area contributed by atoms with E-state index >= 15 is 0 Å². The van der Waals surface area contributed by atoms with Gasteiger partial charge >= 0.3 is 6.03 Å². The number of nitrogens with one attached hydrogen (secondary N) is 2. The molecule has 1 aromatic carbocycles. The highest BCUT2D eigenvalue weighted by atomic mass is 16.5. The quantitative estimate of drug-likeness (QED) is 0.373. The highest BCUT2D eigenvalue weighted by Crippen LogP contribution is 2.36. The van der Waals surface area contributed by atoms with Crippen molar-refractivity contribution in [2.75, 3.05) is 11.4 Å². The molecule has 2 N–H and O–H groups in total. The maximum absolute atomic E-state index is 12.7. The van der Waals surface area contributed by atoms with E-state index in [1.807, 2.05) is 18.2 Å². The number of amides is 4. The Balaban J connectivity index is 1.14. The number of hydrogen-bond acceptors (Lipinski definition) is 10. The number of benzene rings is 1. The standard InChI is InChI=1S/C27H19N7O5/c28-12-16-2-8-20(29-13-16)23-31-21(15-38-23)17-3-6-19(7-4-17)39-22-9-5-18(14-30-22)34-11-1-10-27(34)24(35)32-26(37)33-25(27)36/h2-9,13-15H,1,10-11H2,(H2,32,33,35,36,37). The van der Waals surface area contributed by atoms with Crippen molar-refractivity contribution < 1.29 is 23.5 Å². The van der Waals surface area contributed by atoms with Crippen molar-refractivity contribution in [2.24, 2.45) is 0 Å². The van der Waals surface area contributed by atoms with Crippen LogP contribution in [0.2, 0.25) is 0 Å². The summed E-state index contributed by atoms with van der Waals surface area (Å²) in [5.74, 6) is -0.0708. The van der Waals surface area contributed by atoms with E-state index in [4.69, 9.17) is 14.4 Å². The molecule has 4 amide bonds. The second kappa shape index (κ2) is 9.38. The number of rotatable bonds is 5. The lowest BCUT2D eigenvalue weighted by Gasteiger charge is -2.38. The summed E-state index contributed by atoms with van der Waals surface area (Å²) in [4.78, 5) is 51.5. The molecule has 0 aliphatic carbocycles. The van der Waals surface area contributed by atoms with E-state index in [1.54, 1.807) is 41.3 Å². The molecule has 12 heteroatoms. The van der Waals surface area contributed by atoms with Crippen LogP contribution in [0.4, 0.5) is 10.5 Å². The predicted molar refractivity (Wildman–Crippen MR) is 135 cm³/mol. The van der Waals surface area contributed by atoms with Crippen LogP contribution in [-0.4, -0.2) is 44.9 Å². The van der Waals surface area contributed by atoms with Gasteiger partial charge in [-0.3, -0.25) is 20.2 Å². The van der Waals surface area contributed by atoms with Gasteiger partial charge in [-0.25, -0.2) is 19.7 Å². The van der Waals surface area contributed by atoms with Gasteiger partial charge in [0.05, 0.1) is 17.4 Å². The number of nitriles is 1. The maximum Gasteiger partial charge on any atom is 0.328 e. The molecule has 0 unspecified atom stereocenters. The van der Waals surface area contributed by atoms with Gasteiger partial charge in [-0.15, -0.1) is 0 Å². The van der Waals surface area contributed by atoms with E-state index in [0.29, 0.717) is 59.5 Å². The number of imide groups is 2. The molecule has 3 aromatic heterocycles. The average Bonchev–Trinajstić information content (AvgIpc) is 3.62. The molecule has 0 radical (unpaired) electrons. The fraction of sp³-hybridized carbons (Fsp3) is 0.148. The Kier molecular flexibility index (Phi) is 5.73. The topological polar surface area (TPSA) is 163 Å². The molecule has 39 heavy (non-hydrogen) atoms. The predicted octanol–water partition coefficient (Wildman–Crippen LogP) is 3.17. The van der Waals surface area contributed by atoms with E-state index in [2.05, 4.69) is 25.6 Å². The first-order chi connectivity index (χ1) is 19.0. The van der Waals surface area contributed by atoms with Crippen LogP contribution in [0.3, 0.4) is 0 Å². The zero-order valence-corrected chi connectivity index (χ0v) is 20.2. The van der Waals surface area contributed by atoms with E-state index in [-0.39, 0.29) is 0 Å². The lowest BCUT2D eigenvalue weighted by molar-refractivity contribution is -0.137. The Bertz CT molecular complexity index is 1600. The van der Waals surface area contributed by atoms with Crippen molar-refractivity contribution in [3.05, 3.63) is 72.8 Å². The number of anilines is 1. The molecule has 2 saturated heterocycles. The van der Waals surface area contributed by atoms with Crippen molar-refractivity contribution in [3.8, 4) is 40.5 Å². The zero-order chi connectivity index (χ0) is 27.0. The smallest absolute Gasteiger partial charge is 0.328 e. The van der Waals surface area contributed by atoms with Gasteiger partial charge in [0.15, 0.2) is 5.54 Å². The second-order valence-electron chi connectivity index (χ2n) is 8.92. The van der Waals surface area contributed by atoms with Crippen LogP contribution in [0.5, 0.6) is 11.6 Å². The highest BCUT2D eigenvalue weighted by Gasteiger charge is 2.57. The normalized spacial score (nSPS) is 16.1. The maximum atomic E-state index is 12.7. The number of nitrogens with zero attached hydrogens (tertiary/aromatic N) is 5.